The van der Waals surface area contributed by atoms with Crippen LogP contribution in [0.15, 0.2) is 34.9 Å². The smallest absolute Gasteiger partial charge is 0.195 e. The first-order valence-electron chi connectivity index (χ1n) is 8.08. The standard InChI is InChI=1S/C16H22N6O/c1-10-13-7-11(14-18-4-5-19-14)8-22(12-3-2-6-23-9-12)15(13)21-16(17)20-10/h4-5,8,12,15H,2-3,6-7,9H2,1H3,(H,18,19)(H3,17,20,21). The first-order chi connectivity index (χ1) is 11.2. The van der Waals surface area contributed by atoms with Crippen LogP contribution in [-0.4, -0.2) is 46.2 Å². The van der Waals surface area contributed by atoms with Crippen LogP contribution >= 0.6 is 0 Å². The molecule has 4 N–H and O–H groups in total. The second-order valence-corrected chi connectivity index (χ2v) is 6.25. The van der Waals surface area contributed by atoms with Gasteiger partial charge in [-0.3, -0.25) is 0 Å². The molecule has 0 radical (unpaired) electrons. The number of aromatic nitrogens is 2. The van der Waals surface area contributed by atoms with Crippen molar-refractivity contribution in [2.75, 3.05) is 13.2 Å². The van der Waals surface area contributed by atoms with Crippen molar-refractivity contribution in [3.8, 4) is 0 Å². The van der Waals surface area contributed by atoms with Gasteiger partial charge in [0.25, 0.3) is 0 Å². The number of allylic oxidation sites excluding steroid dienone is 2. The molecule has 2 unspecified atom stereocenters. The van der Waals surface area contributed by atoms with E-state index in [0.717, 1.165) is 44.0 Å². The van der Waals surface area contributed by atoms with E-state index in [9.17, 15) is 0 Å². The van der Waals surface area contributed by atoms with E-state index in [1.54, 1.807) is 6.20 Å². The summed E-state index contributed by atoms with van der Waals surface area (Å²) in [5.74, 6) is 1.39. The lowest BCUT2D eigenvalue weighted by Crippen LogP contribution is -2.50. The summed E-state index contributed by atoms with van der Waals surface area (Å²) in [6, 6.07) is 0.316. The van der Waals surface area contributed by atoms with Crippen LogP contribution in [0.5, 0.6) is 0 Å². The van der Waals surface area contributed by atoms with Crippen LogP contribution in [0.3, 0.4) is 0 Å². The molecule has 1 aromatic rings. The third kappa shape index (κ3) is 2.61. The molecule has 23 heavy (non-hydrogen) atoms. The Morgan fingerprint density at radius 1 is 1.43 bits per heavy atom. The highest BCUT2D eigenvalue weighted by molar-refractivity contribution is 5.82. The van der Waals surface area contributed by atoms with Gasteiger partial charge >= 0.3 is 0 Å². The maximum Gasteiger partial charge on any atom is 0.195 e. The van der Waals surface area contributed by atoms with Crippen molar-refractivity contribution in [1.29, 1.82) is 0 Å². The summed E-state index contributed by atoms with van der Waals surface area (Å²) in [6.45, 7) is 3.64. The predicted molar refractivity (Wildman–Crippen MR) is 88.1 cm³/mol. The number of aliphatic imine (C=N–C) groups is 1. The molecule has 1 fully saturated rings. The number of aromatic amines is 1. The third-order valence-electron chi connectivity index (χ3n) is 4.70. The minimum absolute atomic E-state index is 0.0401. The number of H-pyrrole nitrogens is 1. The van der Waals surface area contributed by atoms with E-state index in [4.69, 9.17) is 10.5 Å². The third-order valence-corrected chi connectivity index (χ3v) is 4.70. The Hall–Kier alpha value is -2.28. The van der Waals surface area contributed by atoms with Gasteiger partial charge in [0.1, 0.15) is 12.0 Å². The van der Waals surface area contributed by atoms with Gasteiger partial charge in [-0.2, -0.15) is 0 Å². The lowest BCUT2D eigenvalue weighted by atomic mass is 9.93. The molecule has 3 aliphatic rings. The fraction of sp³-hybridized carbons (Fsp3) is 0.500. The van der Waals surface area contributed by atoms with Crippen LogP contribution in [0.25, 0.3) is 5.57 Å². The van der Waals surface area contributed by atoms with Crippen molar-refractivity contribution >= 4 is 11.5 Å². The Bertz CT molecular complexity index is 669. The van der Waals surface area contributed by atoms with Crippen molar-refractivity contribution in [3.63, 3.8) is 0 Å². The molecule has 7 heteroatoms. The number of imidazole rings is 1. The number of hydrogen-bond donors (Lipinski definition) is 3. The number of nitrogens with one attached hydrogen (secondary N) is 2. The van der Waals surface area contributed by atoms with Gasteiger partial charge in [0, 0.05) is 42.9 Å². The van der Waals surface area contributed by atoms with Crippen molar-refractivity contribution in [3.05, 3.63) is 35.7 Å². The SMILES string of the molecule is CC1=C2CC(c3ncc[nH]3)=CN(C3CCCOC3)C2N=C(N)N1. The summed E-state index contributed by atoms with van der Waals surface area (Å²) >= 11 is 0. The van der Waals surface area contributed by atoms with Crippen LogP contribution in [0.4, 0.5) is 0 Å². The Morgan fingerprint density at radius 3 is 3.09 bits per heavy atom. The molecule has 1 aromatic heterocycles. The van der Waals surface area contributed by atoms with Crippen LogP contribution in [0.1, 0.15) is 32.0 Å². The number of hydrogen-bond acceptors (Lipinski definition) is 6. The molecule has 7 nitrogen and oxygen atoms in total. The average Bonchev–Trinajstić information content (AvgIpc) is 3.09. The molecule has 0 aliphatic carbocycles. The number of rotatable bonds is 2. The molecule has 3 aliphatic heterocycles. The second-order valence-electron chi connectivity index (χ2n) is 6.25. The number of fused-ring (bicyclic) bond motifs is 1. The van der Waals surface area contributed by atoms with Crippen LogP contribution < -0.4 is 11.1 Å². The van der Waals surface area contributed by atoms with Crippen molar-refractivity contribution in [1.82, 2.24) is 20.2 Å². The molecule has 122 valence electrons. The summed E-state index contributed by atoms with van der Waals surface area (Å²) in [5.41, 5.74) is 9.46. The molecule has 0 spiro atoms. The molecule has 2 atom stereocenters. The van der Waals surface area contributed by atoms with Gasteiger partial charge in [0.2, 0.25) is 0 Å². The Morgan fingerprint density at radius 2 is 2.35 bits per heavy atom. The van der Waals surface area contributed by atoms with Gasteiger partial charge in [-0.05, 0) is 25.3 Å². The van der Waals surface area contributed by atoms with E-state index in [-0.39, 0.29) is 6.17 Å². The summed E-state index contributed by atoms with van der Waals surface area (Å²) in [6.07, 6.45) is 8.78. The normalized spacial score (nSPS) is 28.0. The van der Waals surface area contributed by atoms with Crippen molar-refractivity contribution in [2.24, 2.45) is 10.7 Å². The molecular weight excluding hydrogens is 292 g/mol. The monoisotopic (exact) mass is 314 g/mol. The topological polar surface area (TPSA) is 91.6 Å². The molecule has 0 saturated carbocycles. The summed E-state index contributed by atoms with van der Waals surface area (Å²) in [5, 5.41) is 3.16. The lowest BCUT2D eigenvalue weighted by molar-refractivity contribution is 0.0253. The van der Waals surface area contributed by atoms with Gasteiger partial charge < -0.3 is 25.7 Å². The van der Waals surface area contributed by atoms with E-state index in [2.05, 4.69) is 38.3 Å². The van der Waals surface area contributed by atoms with E-state index in [1.807, 2.05) is 6.20 Å². The van der Waals surface area contributed by atoms with E-state index < -0.39 is 0 Å². The molecule has 4 rings (SSSR count). The minimum Gasteiger partial charge on any atom is -0.379 e. The first-order valence-corrected chi connectivity index (χ1v) is 8.08. The lowest BCUT2D eigenvalue weighted by Gasteiger charge is -2.43. The highest BCUT2D eigenvalue weighted by atomic mass is 16.5. The maximum absolute atomic E-state index is 5.96. The molecule has 0 bridgehead atoms. The Labute approximate surface area is 135 Å². The van der Waals surface area contributed by atoms with Gasteiger partial charge in [-0.25, -0.2) is 9.98 Å². The minimum atomic E-state index is -0.0401. The quantitative estimate of drug-likeness (QED) is 0.762. The Kier molecular flexibility index (Phi) is 3.57. The molecular formula is C16H22N6O. The van der Waals surface area contributed by atoms with E-state index in [1.165, 1.54) is 11.1 Å². The van der Waals surface area contributed by atoms with Gasteiger partial charge in [0.05, 0.1) is 12.6 Å². The van der Waals surface area contributed by atoms with Gasteiger partial charge in [-0.1, -0.05) is 0 Å². The zero-order valence-electron chi connectivity index (χ0n) is 13.2. The number of ether oxygens (including phenoxy) is 1. The van der Waals surface area contributed by atoms with Gasteiger partial charge in [0.15, 0.2) is 5.96 Å². The molecule has 1 saturated heterocycles. The van der Waals surface area contributed by atoms with Crippen LogP contribution in [0.2, 0.25) is 0 Å². The number of nitrogens with zero attached hydrogens (tertiary/aromatic N) is 3. The predicted octanol–water partition coefficient (Wildman–Crippen LogP) is 1.15. The maximum atomic E-state index is 5.96. The zero-order chi connectivity index (χ0) is 15.8. The Balaban J connectivity index is 1.75. The summed E-state index contributed by atoms with van der Waals surface area (Å²) in [7, 11) is 0. The number of guanidine groups is 1. The van der Waals surface area contributed by atoms with Crippen LogP contribution in [-0.2, 0) is 4.74 Å². The van der Waals surface area contributed by atoms with E-state index in [0.29, 0.717) is 12.0 Å². The highest BCUT2D eigenvalue weighted by Gasteiger charge is 2.35. The average molecular weight is 314 g/mol. The molecule has 4 heterocycles. The fourth-order valence-corrected chi connectivity index (χ4v) is 3.53. The first kappa shape index (κ1) is 14.3. The highest BCUT2D eigenvalue weighted by Crippen LogP contribution is 2.36. The second kappa shape index (κ2) is 5.73. The summed E-state index contributed by atoms with van der Waals surface area (Å²) < 4.78 is 5.69. The van der Waals surface area contributed by atoms with E-state index >= 15 is 0 Å². The van der Waals surface area contributed by atoms with Gasteiger partial charge in [-0.15, -0.1) is 0 Å². The number of nitrogens with two attached hydrogens (primary N) is 1. The summed E-state index contributed by atoms with van der Waals surface area (Å²) in [4.78, 5) is 14.6. The fourth-order valence-electron chi connectivity index (χ4n) is 3.53. The van der Waals surface area contributed by atoms with Crippen LogP contribution in [0, 0.1) is 0 Å². The molecule has 0 amide bonds. The molecule has 0 aromatic carbocycles. The zero-order valence-corrected chi connectivity index (χ0v) is 13.2. The largest absolute Gasteiger partial charge is 0.379 e. The van der Waals surface area contributed by atoms with Crippen molar-refractivity contribution in [2.45, 2.75) is 38.4 Å². The van der Waals surface area contributed by atoms with Crippen molar-refractivity contribution < 1.29 is 4.74 Å².